The first-order chi connectivity index (χ1) is 8.20. The van der Waals surface area contributed by atoms with E-state index in [-0.39, 0.29) is 0 Å². The maximum absolute atomic E-state index is 11.5. The number of hydrogen-bond acceptors (Lipinski definition) is 1. The van der Waals surface area contributed by atoms with Crippen molar-refractivity contribution in [1.82, 2.24) is 4.90 Å². The Bertz CT molecular complexity index is 382. The van der Waals surface area contributed by atoms with Gasteiger partial charge in [0.1, 0.15) is 0 Å². The lowest BCUT2D eigenvalue weighted by atomic mass is 9.97. The van der Waals surface area contributed by atoms with E-state index in [1.807, 2.05) is 4.90 Å². The van der Waals surface area contributed by atoms with Gasteiger partial charge in [-0.1, -0.05) is 38.1 Å². The average Bonchev–Trinajstić information content (AvgIpc) is 2.75. The third-order valence-corrected chi connectivity index (χ3v) is 3.71. The SMILES string of the molecule is CCC(C)c1ccc(CN2CCCC2=O)cc1. The molecule has 1 atom stereocenters. The van der Waals surface area contributed by atoms with Crippen molar-refractivity contribution in [1.29, 1.82) is 0 Å². The van der Waals surface area contributed by atoms with Crippen LogP contribution in [0.3, 0.4) is 0 Å². The Morgan fingerprint density at radius 3 is 2.53 bits per heavy atom. The fourth-order valence-corrected chi connectivity index (χ4v) is 2.28. The van der Waals surface area contributed by atoms with Crippen LogP contribution in [0.15, 0.2) is 24.3 Å². The van der Waals surface area contributed by atoms with E-state index in [0.29, 0.717) is 11.8 Å². The van der Waals surface area contributed by atoms with Gasteiger partial charge < -0.3 is 4.90 Å². The maximum atomic E-state index is 11.5. The van der Waals surface area contributed by atoms with Gasteiger partial charge in [0, 0.05) is 19.5 Å². The van der Waals surface area contributed by atoms with Crippen LogP contribution in [0.5, 0.6) is 0 Å². The molecule has 1 amide bonds. The zero-order chi connectivity index (χ0) is 12.3. The van der Waals surface area contributed by atoms with E-state index in [1.54, 1.807) is 0 Å². The Morgan fingerprint density at radius 1 is 1.29 bits per heavy atom. The van der Waals surface area contributed by atoms with E-state index in [9.17, 15) is 4.79 Å². The van der Waals surface area contributed by atoms with Gasteiger partial charge in [-0.2, -0.15) is 0 Å². The molecular weight excluding hydrogens is 210 g/mol. The van der Waals surface area contributed by atoms with E-state index in [1.165, 1.54) is 17.5 Å². The van der Waals surface area contributed by atoms with Gasteiger partial charge in [0.2, 0.25) is 5.91 Å². The van der Waals surface area contributed by atoms with Crippen molar-refractivity contribution in [2.24, 2.45) is 0 Å². The zero-order valence-electron chi connectivity index (χ0n) is 10.8. The fraction of sp³-hybridized carbons (Fsp3) is 0.533. The summed E-state index contributed by atoms with van der Waals surface area (Å²) in [5.41, 5.74) is 2.64. The lowest BCUT2D eigenvalue weighted by Crippen LogP contribution is -2.23. The second-order valence-corrected chi connectivity index (χ2v) is 4.97. The van der Waals surface area contributed by atoms with Crippen LogP contribution in [0.1, 0.15) is 50.2 Å². The van der Waals surface area contributed by atoms with Gasteiger partial charge in [-0.15, -0.1) is 0 Å². The van der Waals surface area contributed by atoms with E-state index < -0.39 is 0 Å². The number of benzene rings is 1. The number of nitrogens with zero attached hydrogens (tertiary/aromatic N) is 1. The highest BCUT2D eigenvalue weighted by atomic mass is 16.2. The Balaban J connectivity index is 2.00. The van der Waals surface area contributed by atoms with Crippen molar-refractivity contribution in [2.45, 2.75) is 45.6 Å². The van der Waals surface area contributed by atoms with Crippen molar-refractivity contribution >= 4 is 5.91 Å². The topological polar surface area (TPSA) is 20.3 Å². The van der Waals surface area contributed by atoms with Crippen molar-refractivity contribution in [3.8, 4) is 0 Å². The van der Waals surface area contributed by atoms with Crippen molar-refractivity contribution in [3.63, 3.8) is 0 Å². The van der Waals surface area contributed by atoms with E-state index >= 15 is 0 Å². The third kappa shape index (κ3) is 2.87. The fourth-order valence-electron chi connectivity index (χ4n) is 2.28. The molecule has 1 fully saturated rings. The monoisotopic (exact) mass is 231 g/mol. The molecule has 92 valence electrons. The van der Waals surface area contributed by atoms with E-state index in [4.69, 9.17) is 0 Å². The molecule has 0 aromatic heterocycles. The van der Waals surface area contributed by atoms with Crippen LogP contribution in [0.2, 0.25) is 0 Å². The highest BCUT2D eigenvalue weighted by Gasteiger charge is 2.19. The first-order valence-corrected chi connectivity index (χ1v) is 6.57. The molecule has 1 aliphatic rings. The second-order valence-electron chi connectivity index (χ2n) is 4.97. The molecule has 1 heterocycles. The van der Waals surface area contributed by atoms with E-state index in [0.717, 1.165) is 25.9 Å². The smallest absolute Gasteiger partial charge is 0.222 e. The van der Waals surface area contributed by atoms with Crippen LogP contribution in [-0.4, -0.2) is 17.4 Å². The number of hydrogen-bond donors (Lipinski definition) is 0. The molecule has 1 unspecified atom stereocenters. The van der Waals surface area contributed by atoms with Crippen molar-refractivity contribution in [2.75, 3.05) is 6.54 Å². The first-order valence-electron chi connectivity index (χ1n) is 6.57. The zero-order valence-corrected chi connectivity index (χ0v) is 10.8. The summed E-state index contributed by atoms with van der Waals surface area (Å²) >= 11 is 0. The average molecular weight is 231 g/mol. The van der Waals surface area contributed by atoms with Gasteiger partial charge in [0.25, 0.3) is 0 Å². The summed E-state index contributed by atoms with van der Waals surface area (Å²) in [5.74, 6) is 0.925. The predicted octanol–water partition coefficient (Wildman–Crippen LogP) is 3.32. The molecule has 0 spiro atoms. The largest absolute Gasteiger partial charge is 0.338 e. The lowest BCUT2D eigenvalue weighted by Gasteiger charge is -2.16. The lowest BCUT2D eigenvalue weighted by molar-refractivity contribution is -0.128. The standard InChI is InChI=1S/C15H21NO/c1-3-12(2)14-8-6-13(7-9-14)11-16-10-4-5-15(16)17/h6-9,12H,3-5,10-11H2,1-2H3. The van der Waals surface area contributed by atoms with E-state index in [2.05, 4.69) is 38.1 Å². The molecule has 0 N–H and O–H groups in total. The number of carbonyl (C=O) groups is 1. The Labute approximate surface area is 104 Å². The normalized spacial score (nSPS) is 17.5. The number of rotatable bonds is 4. The highest BCUT2D eigenvalue weighted by Crippen LogP contribution is 2.20. The molecule has 1 aliphatic heterocycles. The Hall–Kier alpha value is -1.31. The Morgan fingerprint density at radius 2 is 2.00 bits per heavy atom. The molecule has 17 heavy (non-hydrogen) atoms. The minimum atomic E-state index is 0.302. The maximum Gasteiger partial charge on any atom is 0.222 e. The molecule has 0 radical (unpaired) electrons. The predicted molar refractivity (Wildman–Crippen MR) is 69.8 cm³/mol. The van der Waals surface area contributed by atoms with Crippen LogP contribution >= 0.6 is 0 Å². The molecular formula is C15H21NO. The molecule has 2 rings (SSSR count). The quantitative estimate of drug-likeness (QED) is 0.778. The summed E-state index contributed by atoms with van der Waals surface area (Å²) in [6, 6.07) is 8.72. The van der Waals surface area contributed by atoms with Gasteiger partial charge in [-0.3, -0.25) is 4.79 Å². The highest BCUT2D eigenvalue weighted by molar-refractivity contribution is 5.78. The van der Waals surface area contributed by atoms with Crippen molar-refractivity contribution < 1.29 is 4.79 Å². The third-order valence-electron chi connectivity index (χ3n) is 3.71. The summed E-state index contributed by atoms with van der Waals surface area (Å²) in [5, 5.41) is 0. The van der Waals surface area contributed by atoms with Crippen LogP contribution in [0.4, 0.5) is 0 Å². The first kappa shape index (κ1) is 12.2. The van der Waals surface area contributed by atoms with Gasteiger partial charge in [-0.25, -0.2) is 0 Å². The second kappa shape index (κ2) is 5.35. The summed E-state index contributed by atoms with van der Waals surface area (Å²) in [6.45, 7) is 6.16. The minimum absolute atomic E-state index is 0.302. The molecule has 0 saturated carbocycles. The number of amides is 1. The van der Waals surface area contributed by atoms with Gasteiger partial charge in [0.05, 0.1) is 0 Å². The summed E-state index contributed by atoms with van der Waals surface area (Å²) < 4.78 is 0. The molecule has 0 bridgehead atoms. The summed E-state index contributed by atoms with van der Waals surface area (Å²) in [7, 11) is 0. The van der Waals surface area contributed by atoms with Gasteiger partial charge in [0.15, 0.2) is 0 Å². The molecule has 2 nitrogen and oxygen atoms in total. The molecule has 1 aromatic rings. The molecule has 1 aromatic carbocycles. The van der Waals surface area contributed by atoms with Crippen LogP contribution < -0.4 is 0 Å². The summed E-state index contributed by atoms with van der Waals surface area (Å²) in [6.07, 6.45) is 2.92. The van der Waals surface area contributed by atoms with Crippen LogP contribution in [0, 0.1) is 0 Å². The number of likely N-dealkylation sites (tertiary alicyclic amines) is 1. The molecule has 1 saturated heterocycles. The summed E-state index contributed by atoms with van der Waals surface area (Å²) in [4.78, 5) is 13.5. The molecule has 2 heteroatoms. The van der Waals surface area contributed by atoms with Crippen molar-refractivity contribution in [3.05, 3.63) is 35.4 Å². The minimum Gasteiger partial charge on any atom is -0.338 e. The number of carbonyl (C=O) groups excluding carboxylic acids is 1. The van der Waals surface area contributed by atoms with Gasteiger partial charge >= 0.3 is 0 Å². The van der Waals surface area contributed by atoms with Crippen LogP contribution in [0.25, 0.3) is 0 Å². The molecule has 0 aliphatic carbocycles. The van der Waals surface area contributed by atoms with Gasteiger partial charge in [-0.05, 0) is 29.9 Å². The van der Waals surface area contributed by atoms with Crippen LogP contribution in [-0.2, 0) is 11.3 Å². The Kier molecular flexibility index (Phi) is 3.82.